The number of hydrogen-bond donors (Lipinski definition) is 1. The number of aromatic nitrogens is 3. The zero-order chi connectivity index (χ0) is 13.7. The van der Waals surface area contributed by atoms with Gasteiger partial charge in [-0.2, -0.15) is 0 Å². The van der Waals surface area contributed by atoms with Crippen molar-refractivity contribution in [2.24, 2.45) is 0 Å². The predicted molar refractivity (Wildman–Crippen MR) is 74.7 cm³/mol. The quantitative estimate of drug-likeness (QED) is 0.890. The molecule has 0 spiro atoms. The fraction of sp³-hybridized carbons (Fsp3) is 0.333. The molecule has 1 heterocycles. The second-order valence-electron chi connectivity index (χ2n) is 3.90. The summed E-state index contributed by atoms with van der Waals surface area (Å²) >= 11 is 11.9. The molecule has 102 valence electrons. The van der Waals surface area contributed by atoms with Crippen molar-refractivity contribution in [3.63, 3.8) is 0 Å². The highest BCUT2D eigenvalue weighted by molar-refractivity contribution is 6.42. The van der Waals surface area contributed by atoms with E-state index in [-0.39, 0.29) is 0 Å². The molecule has 1 N–H and O–H groups in total. The van der Waals surface area contributed by atoms with Gasteiger partial charge in [0.25, 0.3) is 0 Å². The number of hydrogen-bond acceptors (Lipinski definition) is 4. The van der Waals surface area contributed by atoms with Gasteiger partial charge in [-0.05, 0) is 19.2 Å². The Kier molecular flexibility index (Phi) is 5.01. The highest BCUT2D eigenvalue weighted by Gasteiger charge is 2.05. The largest absolute Gasteiger partial charge is 0.490 e. The van der Waals surface area contributed by atoms with E-state index in [4.69, 9.17) is 27.9 Å². The number of ether oxygens (including phenoxy) is 1. The molecule has 0 aliphatic rings. The van der Waals surface area contributed by atoms with Crippen LogP contribution in [0, 0.1) is 0 Å². The summed E-state index contributed by atoms with van der Waals surface area (Å²) in [4.78, 5) is 0. The van der Waals surface area contributed by atoms with Crippen LogP contribution in [0.25, 0.3) is 0 Å². The van der Waals surface area contributed by atoms with Gasteiger partial charge in [-0.3, -0.25) is 0 Å². The Bertz CT molecular complexity index is 544. The first-order valence-electron chi connectivity index (χ1n) is 5.81. The summed E-state index contributed by atoms with van der Waals surface area (Å²) in [6.45, 7) is 1.74. The van der Waals surface area contributed by atoms with Crippen LogP contribution in [0.5, 0.6) is 5.75 Å². The van der Waals surface area contributed by atoms with Gasteiger partial charge in [0.05, 0.1) is 17.3 Å². The van der Waals surface area contributed by atoms with Crippen LogP contribution >= 0.6 is 23.2 Å². The summed E-state index contributed by atoms with van der Waals surface area (Å²) in [5.41, 5.74) is 0.892. The molecule has 1 aromatic heterocycles. The fourth-order valence-corrected chi connectivity index (χ4v) is 1.90. The first-order valence-corrected chi connectivity index (χ1v) is 6.56. The van der Waals surface area contributed by atoms with Crippen molar-refractivity contribution in [2.75, 3.05) is 13.7 Å². The lowest BCUT2D eigenvalue weighted by Crippen LogP contribution is -2.09. The minimum absolute atomic E-state index is 0.429. The average molecular weight is 301 g/mol. The molecular weight excluding hydrogens is 287 g/mol. The normalized spacial score (nSPS) is 10.7. The van der Waals surface area contributed by atoms with Gasteiger partial charge in [-0.15, -0.1) is 5.10 Å². The van der Waals surface area contributed by atoms with Crippen LogP contribution in [-0.2, 0) is 13.1 Å². The van der Waals surface area contributed by atoms with Crippen LogP contribution in [-0.4, -0.2) is 28.6 Å². The van der Waals surface area contributed by atoms with Gasteiger partial charge in [0.15, 0.2) is 0 Å². The molecule has 0 bridgehead atoms. The van der Waals surface area contributed by atoms with Crippen molar-refractivity contribution in [2.45, 2.75) is 13.1 Å². The van der Waals surface area contributed by atoms with E-state index in [9.17, 15) is 0 Å². The smallest absolute Gasteiger partial charge is 0.139 e. The van der Waals surface area contributed by atoms with Crippen LogP contribution in [0.15, 0.2) is 24.4 Å². The summed E-state index contributed by atoms with van der Waals surface area (Å²) in [6.07, 6.45) is 1.87. The molecule has 0 radical (unpaired) electrons. The van der Waals surface area contributed by atoms with Gasteiger partial charge in [0, 0.05) is 12.7 Å². The summed E-state index contributed by atoms with van der Waals surface area (Å²) in [5.74, 6) is 0.574. The first-order chi connectivity index (χ1) is 9.20. The van der Waals surface area contributed by atoms with Gasteiger partial charge >= 0.3 is 0 Å². The van der Waals surface area contributed by atoms with Crippen LogP contribution in [0.3, 0.4) is 0 Å². The number of nitrogens with zero attached hydrogens (tertiary/aromatic N) is 3. The molecule has 7 heteroatoms. The topological polar surface area (TPSA) is 52.0 Å². The zero-order valence-corrected chi connectivity index (χ0v) is 11.9. The van der Waals surface area contributed by atoms with Crippen LogP contribution < -0.4 is 10.1 Å². The van der Waals surface area contributed by atoms with Crippen LogP contribution in [0.2, 0.25) is 10.0 Å². The Morgan fingerprint density at radius 2 is 2.21 bits per heavy atom. The monoisotopic (exact) mass is 300 g/mol. The van der Waals surface area contributed by atoms with Gasteiger partial charge < -0.3 is 10.1 Å². The van der Waals surface area contributed by atoms with E-state index < -0.39 is 0 Å². The minimum atomic E-state index is 0.429. The molecule has 0 unspecified atom stereocenters. The van der Waals surface area contributed by atoms with Crippen LogP contribution in [0.4, 0.5) is 0 Å². The lowest BCUT2D eigenvalue weighted by molar-refractivity contribution is 0.290. The van der Waals surface area contributed by atoms with E-state index in [2.05, 4.69) is 15.6 Å². The molecule has 0 aliphatic carbocycles. The fourth-order valence-electron chi connectivity index (χ4n) is 1.55. The minimum Gasteiger partial charge on any atom is -0.490 e. The highest BCUT2D eigenvalue weighted by atomic mass is 35.5. The first kappa shape index (κ1) is 14.1. The van der Waals surface area contributed by atoms with Crippen molar-refractivity contribution in [3.8, 4) is 5.75 Å². The predicted octanol–water partition coefficient (Wildman–Crippen LogP) is 2.38. The van der Waals surface area contributed by atoms with Crippen molar-refractivity contribution >= 4 is 23.2 Å². The maximum absolute atomic E-state index is 6.02. The highest BCUT2D eigenvalue weighted by Crippen LogP contribution is 2.31. The van der Waals surface area contributed by atoms with Crippen molar-refractivity contribution in [1.29, 1.82) is 0 Å². The third-order valence-corrected chi connectivity index (χ3v) is 3.24. The molecule has 0 saturated heterocycles. The molecule has 0 aliphatic heterocycles. The van der Waals surface area contributed by atoms with Crippen molar-refractivity contribution in [1.82, 2.24) is 20.3 Å². The number of rotatable bonds is 6. The maximum atomic E-state index is 6.02. The van der Waals surface area contributed by atoms with E-state index in [1.54, 1.807) is 22.9 Å². The molecule has 2 rings (SSSR count). The average Bonchev–Trinajstić information content (AvgIpc) is 2.83. The Balaban J connectivity index is 1.87. The summed E-state index contributed by atoms with van der Waals surface area (Å²) in [5, 5.41) is 11.9. The molecule has 19 heavy (non-hydrogen) atoms. The summed E-state index contributed by atoms with van der Waals surface area (Å²) in [7, 11) is 1.86. The number of benzene rings is 1. The van der Waals surface area contributed by atoms with Gasteiger partial charge in [-0.1, -0.05) is 34.5 Å². The van der Waals surface area contributed by atoms with Gasteiger partial charge in [0.2, 0.25) is 0 Å². The van der Waals surface area contributed by atoms with E-state index >= 15 is 0 Å². The summed E-state index contributed by atoms with van der Waals surface area (Å²) < 4.78 is 7.30. The van der Waals surface area contributed by atoms with E-state index in [0.29, 0.717) is 35.5 Å². The summed E-state index contributed by atoms with van der Waals surface area (Å²) in [6, 6.07) is 5.30. The van der Waals surface area contributed by atoms with Gasteiger partial charge in [-0.25, -0.2) is 4.68 Å². The lowest BCUT2D eigenvalue weighted by Gasteiger charge is -2.08. The lowest BCUT2D eigenvalue weighted by atomic mass is 10.3. The van der Waals surface area contributed by atoms with Crippen molar-refractivity contribution in [3.05, 3.63) is 40.1 Å². The molecule has 0 amide bonds. The molecule has 1 aromatic carbocycles. The number of halogens is 2. The molecule has 2 aromatic rings. The van der Waals surface area contributed by atoms with E-state index in [1.807, 2.05) is 13.2 Å². The van der Waals surface area contributed by atoms with Crippen LogP contribution in [0.1, 0.15) is 5.69 Å². The molecular formula is C12H14Cl2N4O. The Hall–Kier alpha value is -1.30. The Labute approximate surface area is 121 Å². The SMILES string of the molecule is CNCc1cn(CCOc2cccc(Cl)c2Cl)nn1. The second-order valence-corrected chi connectivity index (χ2v) is 4.69. The van der Waals surface area contributed by atoms with E-state index in [0.717, 1.165) is 5.69 Å². The third-order valence-electron chi connectivity index (χ3n) is 2.44. The van der Waals surface area contributed by atoms with Crippen molar-refractivity contribution < 1.29 is 4.74 Å². The number of nitrogens with one attached hydrogen (secondary N) is 1. The molecule has 5 nitrogen and oxygen atoms in total. The molecule has 0 fully saturated rings. The third kappa shape index (κ3) is 3.83. The molecule has 0 atom stereocenters. The second kappa shape index (κ2) is 6.75. The standard InChI is InChI=1S/C12H14Cl2N4O/c1-15-7-9-8-18(17-16-9)5-6-19-11-4-2-3-10(13)12(11)14/h2-4,8,15H,5-7H2,1H3. The van der Waals surface area contributed by atoms with E-state index in [1.165, 1.54) is 0 Å². The Morgan fingerprint density at radius 1 is 1.37 bits per heavy atom. The maximum Gasteiger partial charge on any atom is 0.139 e. The zero-order valence-electron chi connectivity index (χ0n) is 10.4. The Morgan fingerprint density at radius 3 is 3.00 bits per heavy atom. The van der Waals surface area contributed by atoms with Gasteiger partial charge in [0.1, 0.15) is 17.4 Å². The molecule has 0 saturated carbocycles.